The average molecular weight is 389 g/mol. The molecule has 9 heteroatoms. The van der Waals surface area contributed by atoms with Gasteiger partial charge in [-0.3, -0.25) is 9.36 Å². The molecule has 0 atom stereocenters. The van der Waals surface area contributed by atoms with Gasteiger partial charge in [0.25, 0.3) is 5.91 Å². The molecule has 0 radical (unpaired) electrons. The van der Waals surface area contributed by atoms with Gasteiger partial charge in [0.1, 0.15) is 29.1 Å². The SMILES string of the molecule is Cc1nc(NCCNC(=O)c2ccc(F)cc2Cl)cc(-n2ccnc2C)n1. The van der Waals surface area contributed by atoms with Crippen LogP contribution in [0.2, 0.25) is 5.02 Å². The molecule has 27 heavy (non-hydrogen) atoms. The number of halogens is 2. The number of aromatic nitrogens is 4. The second kappa shape index (κ2) is 8.13. The van der Waals surface area contributed by atoms with Crippen LogP contribution in [0.25, 0.3) is 5.82 Å². The molecule has 7 nitrogen and oxygen atoms in total. The number of nitrogens with zero attached hydrogens (tertiary/aromatic N) is 4. The largest absolute Gasteiger partial charge is 0.368 e. The lowest BCUT2D eigenvalue weighted by molar-refractivity contribution is 0.0955. The molecule has 3 aromatic rings. The Morgan fingerprint density at radius 3 is 2.74 bits per heavy atom. The Kier molecular flexibility index (Phi) is 5.66. The first-order valence-electron chi connectivity index (χ1n) is 8.27. The van der Waals surface area contributed by atoms with Crippen molar-refractivity contribution in [3.8, 4) is 5.82 Å². The summed E-state index contributed by atoms with van der Waals surface area (Å²) in [6, 6.07) is 5.47. The molecule has 2 N–H and O–H groups in total. The van der Waals surface area contributed by atoms with Gasteiger partial charge in [0.05, 0.1) is 10.6 Å². The standard InChI is InChI=1S/C18H18ClFN6O/c1-11-24-16(10-17(25-11)26-8-7-21-12(26)2)22-5-6-23-18(27)14-4-3-13(20)9-15(14)19/h3-4,7-10H,5-6H2,1-2H3,(H,23,27)(H,22,24,25). The molecule has 0 unspecified atom stereocenters. The van der Waals surface area contributed by atoms with Crippen molar-refractivity contribution in [3.05, 3.63) is 64.7 Å². The van der Waals surface area contributed by atoms with E-state index in [0.29, 0.717) is 30.5 Å². The van der Waals surface area contributed by atoms with Crippen LogP contribution in [-0.4, -0.2) is 38.5 Å². The molecule has 2 heterocycles. The first-order chi connectivity index (χ1) is 12.9. The van der Waals surface area contributed by atoms with Gasteiger partial charge in [0.15, 0.2) is 0 Å². The third-order valence-electron chi connectivity index (χ3n) is 3.79. The number of benzene rings is 1. The van der Waals surface area contributed by atoms with Gasteiger partial charge in [-0.1, -0.05) is 11.6 Å². The maximum atomic E-state index is 13.1. The number of hydrogen-bond acceptors (Lipinski definition) is 5. The Bertz CT molecular complexity index is 974. The quantitative estimate of drug-likeness (QED) is 0.634. The molecule has 0 spiro atoms. The monoisotopic (exact) mass is 388 g/mol. The van der Waals surface area contributed by atoms with Crippen molar-refractivity contribution in [3.63, 3.8) is 0 Å². The molecule has 2 aromatic heterocycles. The minimum atomic E-state index is -0.485. The fourth-order valence-corrected chi connectivity index (χ4v) is 2.77. The van der Waals surface area contributed by atoms with Crippen LogP contribution in [-0.2, 0) is 0 Å². The maximum Gasteiger partial charge on any atom is 0.252 e. The summed E-state index contributed by atoms with van der Waals surface area (Å²) in [5, 5.41) is 5.95. The number of nitrogens with one attached hydrogen (secondary N) is 2. The summed E-state index contributed by atoms with van der Waals surface area (Å²) in [7, 11) is 0. The van der Waals surface area contributed by atoms with Crippen LogP contribution >= 0.6 is 11.6 Å². The van der Waals surface area contributed by atoms with Gasteiger partial charge in [-0.2, -0.15) is 0 Å². The highest BCUT2D eigenvalue weighted by atomic mass is 35.5. The highest BCUT2D eigenvalue weighted by Crippen LogP contribution is 2.17. The number of carbonyl (C=O) groups is 1. The summed E-state index contributed by atoms with van der Waals surface area (Å²) in [6.07, 6.45) is 3.53. The van der Waals surface area contributed by atoms with Crippen molar-refractivity contribution in [1.29, 1.82) is 0 Å². The number of anilines is 1. The predicted octanol–water partition coefficient (Wildman–Crippen LogP) is 2.91. The smallest absolute Gasteiger partial charge is 0.252 e. The Morgan fingerprint density at radius 1 is 1.22 bits per heavy atom. The fourth-order valence-electron chi connectivity index (χ4n) is 2.52. The fraction of sp³-hybridized carbons (Fsp3) is 0.222. The van der Waals surface area contributed by atoms with Gasteiger partial charge >= 0.3 is 0 Å². The lowest BCUT2D eigenvalue weighted by Gasteiger charge is -2.11. The van der Waals surface area contributed by atoms with Crippen LogP contribution in [0.5, 0.6) is 0 Å². The van der Waals surface area contributed by atoms with E-state index in [-0.39, 0.29) is 16.5 Å². The van der Waals surface area contributed by atoms with Crippen LogP contribution in [0, 0.1) is 19.7 Å². The van der Waals surface area contributed by atoms with Crippen molar-refractivity contribution in [1.82, 2.24) is 24.8 Å². The van der Waals surface area contributed by atoms with E-state index >= 15 is 0 Å². The molecule has 3 rings (SSSR count). The van der Waals surface area contributed by atoms with Crippen molar-refractivity contribution < 1.29 is 9.18 Å². The zero-order valence-corrected chi connectivity index (χ0v) is 15.6. The second-order valence-electron chi connectivity index (χ2n) is 5.81. The summed E-state index contributed by atoms with van der Waals surface area (Å²) >= 11 is 5.89. The zero-order chi connectivity index (χ0) is 19.4. The first-order valence-corrected chi connectivity index (χ1v) is 8.65. The molecule has 0 bridgehead atoms. The molecular weight excluding hydrogens is 371 g/mol. The summed E-state index contributed by atoms with van der Waals surface area (Å²) in [5.74, 6) is 1.94. The Hall–Kier alpha value is -3.00. The number of carbonyl (C=O) groups excluding carboxylic acids is 1. The van der Waals surface area contributed by atoms with Crippen LogP contribution < -0.4 is 10.6 Å². The summed E-state index contributed by atoms with van der Waals surface area (Å²) in [5.41, 5.74) is 0.230. The average Bonchev–Trinajstić information content (AvgIpc) is 3.04. The van der Waals surface area contributed by atoms with Crippen molar-refractivity contribution in [2.24, 2.45) is 0 Å². The van der Waals surface area contributed by atoms with E-state index in [2.05, 4.69) is 25.6 Å². The lowest BCUT2D eigenvalue weighted by Crippen LogP contribution is -2.29. The van der Waals surface area contributed by atoms with E-state index in [0.717, 1.165) is 11.9 Å². The van der Waals surface area contributed by atoms with E-state index < -0.39 is 5.82 Å². The molecule has 0 fully saturated rings. The van der Waals surface area contributed by atoms with E-state index in [9.17, 15) is 9.18 Å². The van der Waals surface area contributed by atoms with Gasteiger partial charge in [-0.05, 0) is 32.0 Å². The molecule has 0 aliphatic heterocycles. The second-order valence-corrected chi connectivity index (χ2v) is 6.22. The Labute approximate surface area is 160 Å². The molecule has 0 saturated carbocycles. The molecule has 0 aliphatic rings. The zero-order valence-electron chi connectivity index (χ0n) is 14.8. The Balaban J connectivity index is 1.58. The minimum Gasteiger partial charge on any atom is -0.368 e. The number of imidazole rings is 1. The van der Waals surface area contributed by atoms with Crippen molar-refractivity contribution in [2.45, 2.75) is 13.8 Å². The molecule has 0 aliphatic carbocycles. The maximum absolute atomic E-state index is 13.1. The molecule has 1 aromatic carbocycles. The van der Waals surface area contributed by atoms with Crippen molar-refractivity contribution >= 4 is 23.3 Å². The first kappa shape index (κ1) is 18.8. The van der Waals surface area contributed by atoms with Crippen LogP contribution in [0.4, 0.5) is 10.2 Å². The number of hydrogen-bond donors (Lipinski definition) is 2. The van der Waals surface area contributed by atoms with Gasteiger partial charge < -0.3 is 10.6 Å². The molecule has 0 saturated heterocycles. The Morgan fingerprint density at radius 2 is 2.04 bits per heavy atom. The van der Waals surface area contributed by atoms with Gasteiger partial charge in [0, 0.05) is 31.5 Å². The highest BCUT2D eigenvalue weighted by molar-refractivity contribution is 6.33. The number of aryl methyl sites for hydroxylation is 2. The van der Waals surface area contributed by atoms with Gasteiger partial charge in [0.2, 0.25) is 0 Å². The summed E-state index contributed by atoms with van der Waals surface area (Å²) in [6.45, 7) is 4.48. The summed E-state index contributed by atoms with van der Waals surface area (Å²) in [4.78, 5) is 25.0. The predicted molar refractivity (Wildman–Crippen MR) is 101 cm³/mol. The molecule has 140 valence electrons. The van der Waals surface area contributed by atoms with E-state index in [1.165, 1.54) is 12.1 Å². The van der Waals surface area contributed by atoms with E-state index in [4.69, 9.17) is 11.6 Å². The normalized spacial score (nSPS) is 10.7. The van der Waals surface area contributed by atoms with Gasteiger partial charge in [-0.15, -0.1) is 0 Å². The summed E-state index contributed by atoms with van der Waals surface area (Å²) < 4.78 is 14.9. The van der Waals surface area contributed by atoms with Crippen LogP contribution in [0.1, 0.15) is 22.0 Å². The topological polar surface area (TPSA) is 84.7 Å². The van der Waals surface area contributed by atoms with Crippen molar-refractivity contribution in [2.75, 3.05) is 18.4 Å². The minimum absolute atomic E-state index is 0.0761. The lowest BCUT2D eigenvalue weighted by atomic mass is 10.2. The van der Waals surface area contributed by atoms with Gasteiger partial charge in [-0.25, -0.2) is 19.3 Å². The van der Waals surface area contributed by atoms with E-state index in [1.807, 2.05) is 17.7 Å². The number of amides is 1. The molecular formula is C18H18ClFN6O. The highest BCUT2D eigenvalue weighted by Gasteiger charge is 2.11. The van der Waals surface area contributed by atoms with Crippen LogP contribution in [0.15, 0.2) is 36.7 Å². The van der Waals surface area contributed by atoms with E-state index in [1.54, 1.807) is 19.2 Å². The molecule has 1 amide bonds. The number of rotatable bonds is 6. The van der Waals surface area contributed by atoms with Crippen LogP contribution in [0.3, 0.4) is 0 Å². The third-order valence-corrected chi connectivity index (χ3v) is 4.10. The third kappa shape index (κ3) is 4.59.